The number of carbonyl (C=O) groups excluding carboxylic acids is 1. The van der Waals surface area contributed by atoms with Crippen LogP contribution < -0.4 is 0 Å². The van der Waals surface area contributed by atoms with E-state index in [0.29, 0.717) is 18.8 Å². The first-order valence-electron chi connectivity index (χ1n) is 12.9. The van der Waals surface area contributed by atoms with Crippen molar-refractivity contribution in [1.82, 2.24) is 4.90 Å². The van der Waals surface area contributed by atoms with Gasteiger partial charge in [-0.3, -0.25) is 4.79 Å². The second kappa shape index (κ2) is 7.58. The van der Waals surface area contributed by atoms with E-state index in [1.165, 1.54) is 0 Å². The van der Waals surface area contributed by atoms with Crippen LogP contribution in [0.1, 0.15) is 64.5 Å². The normalized spacial score (nSPS) is 29.1. The van der Waals surface area contributed by atoms with Crippen molar-refractivity contribution in [2.75, 3.05) is 20.2 Å². The van der Waals surface area contributed by atoms with Gasteiger partial charge in [-0.2, -0.15) is 5.26 Å². The molecule has 1 amide bonds. The summed E-state index contributed by atoms with van der Waals surface area (Å²) in [5.41, 5.74) is 3.59. The Morgan fingerprint density at radius 1 is 0.861 bits per heavy atom. The molecule has 0 radical (unpaired) electrons. The molecule has 0 spiro atoms. The lowest BCUT2D eigenvalue weighted by atomic mass is 9.43. The van der Waals surface area contributed by atoms with E-state index in [1.54, 1.807) is 7.11 Å². The van der Waals surface area contributed by atoms with Crippen molar-refractivity contribution in [3.05, 3.63) is 118 Å². The zero-order valence-corrected chi connectivity index (χ0v) is 20.4. The summed E-state index contributed by atoms with van der Waals surface area (Å²) in [4.78, 5) is 17.1. The number of ether oxygens (including phenoxy) is 1. The molecule has 178 valence electrons. The van der Waals surface area contributed by atoms with Gasteiger partial charge in [-0.05, 0) is 58.7 Å². The van der Waals surface area contributed by atoms with Crippen molar-refractivity contribution in [3.8, 4) is 6.07 Å². The Balaban J connectivity index is 1.71. The molecular weight excluding hydrogens is 444 g/mol. The number of allylic oxidation sites excluding steroid dienone is 1. The van der Waals surface area contributed by atoms with Gasteiger partial charge in [0.1, 0.15) is 11.2 Å². The molecule has 1 fully saturated rings. The largest absolute Gasteiger partial charge is 0.500 e. The first kappa shape index (κ1) is 21.4. The lowest BCUT2D eigenvalue weighted by Crippen LogP contribution is -2.64. The van der Waals surface area contributed by atoms with Crippen molar-refractivity contribution in [2.45, 2.75) is 41.9 Å². The SMILES string of the molecule is COC1=C[C@H]2c3ccccc3[C@]1(C(=O)N1CCCCC1)C1(C#N)c3ccccc3C2c2ccccc21. The Bertz CT molecular complexity index is 1430. The highest BCUT2D eigenvalue weighted by Gasteiger charge is 2.70. The highest BCUT2D eigenvalue weighted by molar-refractivity contribution is 5.98. The molecule has 5 aliphatic rings. The quantitative estimate of drug-likeness (QED) is 0.493. The van der Waals surface area contributed by atoms with Gasteiger partial charge in [-0.1, -0.05) is 72.8 Å². The number of benzene rings is 3. The van der Waals surface area contributed by atoms with Gasteiger partial charge in [-0.15, -0.1) is 0 Å². The monoisotopic (exact) mass is 472 g/mol. The average Bonchev–Trinajstić information content (AvgIpc) is 2.94. The molecule has 1 aliphatic heterocycles. The summed E-state index contributed by atoms with van der Waals surface area (Å²) in [6.45, 7) is 1.41. The summed E-state index contributed by atoms with van der Waals surface area (Å²) >= 11 is 0. The van der Waals surface area contributed by atoms with Gasteiger partial charge in [0.25, 0.3) is 0 Å². The minimum Gasteiger partial charge on any atom is -0.500 e. The molecule has 0 unspecified atom stereocenters. The minimum atomic E-state index is -1.32. The number of nitriles is 1. The summed E-state index contributed by atoms with van der Waals surface area (Å²) < 4.78 is 6.20. The summed E-state index contributed by atoms with van der Waals surface area (Å²) in [6, 6.07) is 27.7. The maximum atomic E-state index is 15.2. The molecule has 3 aromatic carbocycles. The molecular formula is C32H28N2O2. The highest BCUT2D eigenvalue weighted by atomic mass is 16.5. The topological polar surface area (TPSA) is 53.3 Å². The van der Waals surface area contributed by atoms with E-state index in [2.05, 4.69) is 66.7 Å². The van der Waals surface area contributed by atoms with Crippen LogP contribution in [0.5, 0.6) is 0 Å². The van der Waals surface area contributed by atoms with E-state index in [4.69, 9.17) is 4.74 Å². The maximum Gasteiger partial charge on any atom is 0.243 e. The molecule has 2 atom stereocenters. The molecule has 4 nitrogen and oxygen atoms in total. The van der Waals surface area contributed by atoms with Crippen LogP contribution in [0.15, 0.2) is 84.6 Å². The minimum absolute atomic E-state index is 0.00211. The third kappa shape index (κ3) is 2.32. The van der Waals surface area contributed by atoms with Crippen LogP contribution in [-0.2, 0) is 20.4 Å². The van der Waals surface area contributed by atoms with E-state index in [9.17, 15) is 5.26 Å². The second-order valence-corrected chi connectivity index (χ2v) is 10.5. The van der Waals surface area contributed by atoms with Gasteiger partial charge in [0, 0.05) is 24.9 Å². The van der Waals surface area contributed by atoms with Crippen LogP contribution in [-0.4, -0.2) is 31.0 Å². The van der Waals surface area contributed by atoms with E-state index in [0.717, 1.165) is 52.6 Å². The van der Waals surface area contributed by atoms with Crippen LogP contribution in [0.2, 0.25) is 0 Å². The molecule has 8 rings (SSSR count). The summed E-state index contributed by atoms with van der Waals surface area (Å²) in [5, 5.41) is 11.4. The highest BCUT2D eigenvalue weighted by Crippen LogP contribution is 2.67. The number of hydrogen-bond acceptors (Lipinski definition) is 3. The van der Waals surface area contributed by atoms with Crippen LogP contribution in [0, 0.1) is 11.3 Å². The number of piperidine rings is 1. The van der Waals surface area contributed by atoms with Crippen molar-refractivity contribution in [1.29, 1.82) is 5.26 Å². The fourth-order valence-corrected chi connectivity index (χ4v) is 7.77. The second-order valence-electron chi connectivity index (χ2n) is 10.5. The molecule has 1 heterocycles. The Morgan fingerprint density at radius 3 is 2.00 bits per heavy atom. The van der Waals surface area contributed by atoms with Gasteiger partial charge in [0.05, 0.1) is 13.2 Å². The molecule has 36 heavy (non-hydrogen) atoms. The molecule has 0 aromatic heterocycles. The third-order valence-electron chi connectivity index (χ3n) is 9.10. The molecule has 4 heteroatoms. The van der Waals surface area contributed by atoms with E-state index >= 15 is 4.79 Å². The van der Waals surface area contributed by atoms with Gasteiger partial charge in [0.2, 0.25) is 5.91 Å². The Morgan fingerprint density at radius 2 is 1.42 bits per heavy atom. The number of hydrogen-bond donors (Lipinski definition) is 0. The molecule has 0 N–H and O–H groups in total. The average molecular weight is 473 g/mol. The first-order valence-corrected chi connectivity index (χ1v) is 12.9. The van der Waals surface area contributed by atoms with E-state index in [-0.39, 0.29) is 17.7 Å². The zero-order chi connectivity index (χ0) is 24.5. The predicted molar refractivity (Wildman–Crippen MR) is 138 cm³/mol. The smallest absolute Gasteiger partial charge is 0.243 e. The fraction of sp³-hybridized carbons (Fsp3) is 0.312. The molecule has 0 saturated carbocycles. The van der Waals surface area contributed by atoms with Crippen LogP contribution in [0.3, 0.4) is 0 Å². The van der Waals surface area contributed by atoms with Crippen LogP contribution >= 0.6 is 0 Å². The lowest BCUT2D eigenvalue weighted by molar-refractivity contribution is -0.140. The van der Waals surface area contributed by atoms with Gasteiger partial charge >= 0.3 is 0 Å². The number of methoxy groups -OCH3 is 1. The number of likely N-dealkylation sites (tertiary alicyclic amines) is 1. The Labute approximate surface area is 211 Å². The van der Waals surface area contributed by atoms with Crippen molar-refractivity contribution >= 4 is 5.91 Å². The molecule has 4 aliphatic carbocycles. The Kier molecular flexibility index (Phi) is 4.51. The van der Waals surface area contributed by atoms with Crippen molar-refractivity contribution < 1.29 is 9.53 Å². The molecule has 3 aromatic rings. The Hall–Kier alpha value is -3.84. The van der Waals surface area contributed by atoms with Gasteiger partial charge in [0.15, 0.2) is 5.41 Å². The number of nitrogens with zero attached hydrogens (tertiary/aromatic N) is 2. The number of carbonyl (C=O) groups is 1. The molecule has 1 saturated heterocycles. The van der Waals surface area contributed by atoms with Gasteiger partial charge in [-0.25, -0.2) is 0 Å². The standard InChI is InChI=1S/C32H28N2O2/c1-36-28-19-24-21-11-3-8-16-27(21)32(28,30(35)34-17-9-2-10-18-34)31(20-33)25-14-6-4-12-22(25)29(24)23-13-5-7-15-26(23)31/h3-8,11-16,19,24,29H,2,9-10,17-18H2,1H3/t24-,29?,31?,32-/m0/s1. The van der Waals surface area contributed by atoms with Crippen molar-refractivity contribution in [2.24, 2.45) is 0 Å². The third-order valence-corrected chi connectivity index (χ3v) is 9.10. The van der Waals surface area contributed by atoms with Crippen LogP contribution in [0.25, 0.3) is 0 Å². The molecule has 4 bridgehead atoms. The van der Waals surface area contributed by atoms with Crippen LogP contribution in [0.4, 0.5) is 0 Å². The van der Waals surface area contributed by atoms with E-state index < -0.39 is 10.8 Å². The van der Waals surface area contributed by atoms with Gasteiger partial charge < -0.3 is 9.64 Å². The number of amides is 1. The lowest BCUT2D eigenvalue weighted by Gasteiger charge is -2.57. The fourth-order valence-electron chi connectivity index (χ4n) is 7.77. The predicted octanol–water partition coefficient (Wildman–Crippen LogP) is 5.53. The maximum absolute atomic E-state index is 15.2. The summed E-state index contributed by atoms with van der Waals surface area (Å²) in [7, 11) is 1.66. The number of rotatable bonds is 2. The van der Waals surface area contributed by atoms with E-state index in [1.807, 2.05) is 23.1 Å². The first-order chi connectivity index (χ1) is 17.7. The summed E-state index contributed by atoms with van der Waals surface area (Å²) in [6.07, 6.45) is 5.24. The summed E-state index contributed by atoms with van der Waals surface area (Å²) in [5.74, 6) is 0.622. The van der Waals surface area contributed by atoms with Crippen molar-refractivity contribution in [3.63, 3.8) is 0 Å². The zero-order valence-electron chi connectivity index (χ0n) is 20.4.